The number of fused-ring (bicyclic) bond motifs is 1. The Morgan fingerprint density at radius 1 is 1.33 bits per heavy atom. The van der Waals surface area contributed by atoms with Crippen molar-refractivity contribution >= 4 is 44.8 Å². The van der Waals surface area contributed by atoms with Gasteiger partial charge in [-0.2, -0.15) is 0 Å². The molecule has 0 saturated carbocycles. The number of amides is 1. The molecule has 0 bridgehead atoms. The van der Waals surface area contributed by atoms with E-state index in [2.05, 4.69) is 10.3 Å². The summed E-state index contributed by atoms with van der Waals surface area (Å²) in [5, 5.41) is 15.5. The number of esters is 1. The second kappa shape index (κ2) is 9.04. The molecule has 1 aromatic carbocycles. The molecule has 3 aromatic heterocycles. The molecule has 3 heterocycles. The molecule has 0 fully saturated rings. The number of furan rings is 1. The third-order valence-electron chi connectivity index (χ3n) is 4.64. The van der Waals surface area contributed by atoms with Gasteiger partial charge in [-0.3, -0.25) is 24.3 Å². The largest absolute Gasteiger partial charge is 0.464 e. The SMILES string of the molecule is CCOC(=O)c1c(-c2ccco2)csc1NC(=O)Cn1cnc2ccc([N+](=O)[O-])cc2c1=O. The Morgan fingerprint density at radius 2 is 2.15 bits per heavy atom. The van der Waals surface area contributed by atoms with Crippen molar-refractivity contribution in [2.24, 2.45) is 0 Å². The predicted molar refractivity (Wildman–Crippen MR) is 119 cm³/mol. The summed E-state index contributed by atoms with van der Waals surface area (Å²) < 4.78 is 11.5. The second-order valence-electron chi connectivity index (χ2n) is 6.74. The maximum absolute atomic E-state index is 12.7. The van der Waals surface area contributed by atoms with E-state index < -0.39 is 28.9 Å². The highest BCUT2D eigenvalue weighted by molar-refractivity contribution is 7.15. The number of nitrogens with zero attached hydrogens (tertiary/aromatic N) is 3. The Kier molecular flexibility index (Phi) is 6.00. The van der Waals surface area contributed by atoms with E-state index in [1.807, 2.05) is 0 Å². The standard InChI is InChI=1S/C21H16N4O7S/c1-2-31-21(28)18-14(16-4-3-7-32-16)10-33-19(18)23-17(26)9-24-11-22-15-6-5-12(25(29)30)8-13(15)20(24)27/h3-8,10-11H,2,9H2,1H3,(H,23,26). The van der Waals surface area contributed by atoms with Crippen molar-refractivity contribution in [3.05, 3.63) is 74.3 Å². The Hall–Kier alpha value is -4.32. The van der Waals surface area contributed by atoms with Gasteiger partial charge in [0.1, 0.15) is 22.9 Å². The normalized spacial score (nSPS) is 10.8. The number of aromatic nitrogens is 2. The highest BCUT2D eigenvalue weighted by atomic mass is 32.1. The van der Waals surface area contributed by atoms with Crippen LogP contribution in [0, 0.1) is 10.1 Å². The molecule has 1 N–H and O–H groups in total. The Bertz CT molecular complexity index is 1420. The molecule has 168 valence electrons. The first-order chi connectivity index (χ1) is 15.9. The van der Waals surface area contributed by atoms with Crippen LogP contribution in [-0.2, 0) is 16.1 Å². The highest BCUT2D eigenvalue weighted by Crippen LogP contribution is 2.36. The summed E-state index contributed by atoms with van der Waals surface area (Å²) in [7, 11) is 0. The van der Waals surface area contributed by atoms with Gasteiger partial charge in [-0.25, -0.2) is 9.78 Å². The molecule has 0 spiro atoms. The topological polar surface area (TPSA) is 147 Å². The van der Waals surface area contributed by atoms with E-state index in [1.54, 1.807) is 24.4 Å². The van der Waals surface area contributed by atoms with Crippen LogP contribution in [0.25, 0.3) is 22.2 Å². The number of thiophene rings is 1. The predicted octanol–water partition coefficient (Wildman–Crippen LogP) is 3.44. The Labute approximate surface area is 189 Å². The van der Waals surface area contributed by atoms with Gasteiger partial charge in [0.15, 0.2) is 0 Å². The number of hydrogen-bond acceptors (Lipinski definition) is 9. The third kappa shape index (κ3) is 4.36. The minimum Gasteiger partial charge on any atom is -0.464 e. The quantitative estimate of drug-likeness (QED) is 0.246. The molecule has 0 aliphatic rings. The molecule has 0 aliphatic heterocycles. The molecule has 4 rings (SSSR count). The molecule has 0 unspecified atom stereocenters. The zero-order chi connectivity index (χ0) is 23.5. The fourth-order valence-corrected chi connectivity index (χ4v) is 4.12. The number of rotatable bonds is 7. The number of hydrogen-bond donors (Lipinski definition) is 1. The second-order valence-corrected chi connectivity index (χ2v) is 7.62. The van der Waals surface area contributed by atoms with Crippen molar-refractivity contribution < 1.29 is 23.7 Å². The Morgan fingerprint density at radius 3 is 2.85 bits per heavy atom. The first kappa shape index (κ1) is 21.9. The van der Waals surface area contributed by atoms with Crippen molar-refractivity contribution in [3.8, 4) is 11.3 Å². The number of nitro groups is 1. The lowest BCUT2D eigenvalue weighted by molar-refractivity contribution is -0.384. The summed E-state index contributed by atoms with van der Waals surface area (Å²) in [6.45, 7) is 1.39. The van der Waals surface area contributed by atoms with E-state index in [9.17, 15) is 24.5 Å². The van der Waals surface area contributed by atoms with Gasteiger partial charge in [-0.05, 0) is 25.1 Å². The summed E-state index contributed by atoms with van der Waals surface area (Å²) in [4.78, 5) is 52.5. The molecule has 0 aliphatic carbocycles. The van der Waals surface area contributed by atoms with E-state index in [1.165, 1.54) is 24.7 Å². The van der Waals surface area contributed by atoms with Gasteiger partial charge in [0.2, 0.25) is 5.91 Å². The van der Waals surface area contributed by atoms with Crippen molar-refractivity contribution in [3.63, 3.8) is 0 Å². The molecular weight excluding hydrogens is 452 g/mol. The lowest BCUT2D eigenvalue weighted by atomic mass is 10.1. The van der Waals surface area contributed by atoms with Gasteiger partial charge in [0, 0.05) is 23.1 Å². The molecule has 11 nitrogen and oxygen atoms in total. The van der Waals surface area contributed by atoms with E-state index in [4.69, 9.17) is 9.15 Å². The highest BCUT2D eigenvalue weighted by Gasteiger charge is 2.24. The van der Waals surface area contributed by atoms with E-state index in [0.29, 0.717) is 11.3 Å². The van der Waals surface area contributed by atoms with E-state index in [-0.39, 0.29) is 33.8 Å². The average molecular weight is 468 g/mol. The molecule has 0 saturated heterocycles. The number of anilines is 1. The number of benzene rings is 1. The molecular formula is C21H16N4O7S. The maximum atomic E-state index is 12.7. The minimum absolute atomic E-state index is 0.0166. The van der Waals surface area contributed by atoms with Gasteiger partial charge >= 0.3 is 5.97 Å². The lowest BCUT2D eigenvalue weighted by Gasteiger charge is -2.09. The molecule has 33 heavy (non-hydrogen) atoms. The minimum atomic E-state index is -0.628. The lowest BCUT2D eigenvalue weighted by Crippen LogP contribution is -2.28. The molecule has 0 radical (unpaired) electrons. The van der Waals surface area contributed by atoms with Crippen LogP contribution >= 0.6 is 11.3 Å². The summed E-state index contributed by atoms with van der Waals surface area (Å²) in [5.41, 5.74) is 0.0206. The summed E-state index contributed by atoms with van der Waals surface area (Å²) in [6.07, 6.45) is 2.65. The smallest absolute Gasteiger partial charge is 0.341 e. The van der Waals surface area contributed by atoms with Crippen molar-refractivity contribution in [1.82, 2.24) is 9.55 Å². The summed E-state index contributed by atoms with van der Waals surface area (Å²) >= 11 is 1.11. The average Bonchev–Trinajstić information content (AvgIpc) is 3.45. The number of nitrogens with one attached hydrogen (secondary N) is 1. The van der Waals surface area contributed by atoms with Gasteiger partial charge in [-0.1, -0.05) is 0 Å². The van der Waals surface area contributed by atoms with Gasteiger partial charge in [-0.15, -0.1) is 11.3 Å². The fourth-order valence-electron chi connectivity index (χ4n) is 3.16. The zero-order valence-electron chi connectivity index (χ0n) is 17.1. The number of carbonyl (C=O) groups is 2. The van der Waals surface area contributed by atoms with Gasteiger partial charge in [0.25, 0.3) is 11.2 Å². The number of nitro benzene ring substituents is 1. The number of carbonyl (C=O) groups excluding carboxylic acids is 2. The van der Waals surface area contributed by atoms with Crippen molar-refractivity contribution in [2.75, 3.05) is 11.9 Å². The van der Waals surface area contributed by atoms with Crippen LogP contribution in [0.3, 0.4) is 0 Å². The Balaban J connectivity index is 1.62. The van der Waals surface area contributed by atoms with Crippen molar-refractivity contribution in [2.45, 2.75) is 13.5 Å². The summed E-state index contributed by atoms with van der Waals surface area (Å²) in [6, 6.07) is 7.08. The van der Waals surface area contributed by atoms with Crippen LogP contribution < -0.4 is 10.9 Å². The molecule has 1 amide bonds. The van der Waals surface area contributed by atoms with Crippen LogP contribution in [0.1, 0.15) is 17.3 Å². The monoisotopic (exact) mass is 468 g/mol. The molecule has 4 aromatic rings. The fraction of sp³-hybridized carbons (Fsp3) is 0.143. The van der Waals surface area contributed by atoms with Crippen molar-refractivity contribution in [1.29, 1.82) is 0 Å². The van der Waals surface area contributed by atoms with Crippen LogP contribution in [0.15, 0.2) is 57.5 Å². The number of ether oxygens (including phenoxy) is 1. The van der Waals surface area contributed by atoms with Crippen LogP contribution in [0.4, 0.5) is 10.7 Å². The van der Waals surface area contributed by atoms with Crippen LogP contribution in [-0.4, -0.2) is 33.0 Å². The first-order valence-electron chi connectivity index (χ1n) is 9.65. The molecule has 0 atom stereocenters. The molecule has 12 heteroatoms. The van der Waals surface area contributed by atoms with Crippen LogP contribution in [0.2, 0.25) is 0 Å². The first-order valence-corrected chi connectivity index (χ1v) is 10.5. The number of non-ortho nitro benzene ring substituents is 1. The zero-order valence-corrected chi connectivity index (χ0v) is 18.0. The van der Waals surface area contributed by atoms with E-state index in [0.717, 1.165) is 22.0 Å². The van der Waals surface area contributed by atoms with Crippen LogP contribution in [0.5, 0.6) is 0 Å². The van der Waals surface area contributed by atoms with Gasteiger partial charge < -0.3 is 14.5 Å². The van der Waals surface area contributed by atoms with Gasteiger partial charge in [0.05, 0.1) is 35.0 Å². The summed E-state index contributed by atoms with van der Waals surface area (Å²) in [5.74, 6) is -0.786. The maximum Gasteiger partial charge on any atom is 0.341 e. The van der Waals surface area contributed by atoms with E-state index >= 15 is 0 Å². The third-order valence-corrected chi connectivity index (χ3v) is 5.54.